The van der Waals surface area contributed by atoms with Crippen LogP contribution in [0.1, 0.15) is 0 Å². The zero-order chi connectivity index (χ0) is 9.71. The van der Waals surface area contributed by atoms with E-state index >= 15 is 0 Å². The molecule has 0 saturated heterocycles. The molecule has 2 aromatic rings. The van der Waals surface area contributed by atoms with E-state index in [1.165, 1.54) is 0 Å². The van der Waals surface area contributed by atoms with Crippen molar-refractivity contribution in [1.29, 1.82) is 0 Å². The molecule has 1 aliphatic rings. The van der Waals surface area contributed by atoms with E-state index in [1.807, 2.05) is 19.3 Å². The highest BCUT2D eigenvalue weighted by molar-refractivity contribution is 5.88. The van der Waals surface area contributed by atoms with Gasteiger partial charge in [-0.1, -0.05) is 0 Å². The molecule has 3 heterocycles. The number of anilines is 2. The van der Waals surface area contributed by atoms with Gasteiger partial charge in [-0.3, -0.25) is 0 Å². The fourth-order valence-corrected chi connectivity index (χ4v) is 1.92. The van der Waals surface area contributed by atoms with Gasteiger partial charge in [0, 0.05) is 26.3 Å². The van der Waals surface area contributed by atoms with Gasteiger partial charge >= 0.3 is 0 Å². The summed E-state index contributed by atoms with van der Waals surface area (Å²) < 4.78 is 2.17. The van der Waals surface area contributed by atoms with E-state index in [0.717, 1.165) is 29.9 Å². The van der Waals surface area contributed by atoms with Crippen molar-refractivity contribution in [3.8, 4) is 0 Å². The number of likely N-dealkylation sites (N-methyl/N-ethyl adjacent to an activating group) is 1. The standard InChI is InChI=1S/C9H11N5/c1-13-4-5-14-3-2-6-7(14)8(13)12-9(10)11-6/h2-3H,4-5H2,1H3,(H2,10,11,12). The Morgan fingerprint density at radius 3 is 3.07 bits per heavy atom. The maximum atomic E-state index is 5.64. The van der Waals surface area contributed by atoms with Crippen molar-refractivity contribution in [3.63, 3.8) is 0 Å². The number of hydrogen-bond acceptors (Lipinski definition) is 4. The van der Waals surface area contributed by atoms with Gasteiger partial charge in [0.2, 0.25) is 5.95 Å². The Morgan fingerprint density at radius 2 is 2.21 bits per heavy atom. The summed E-state index contributed by atoms with van der Waals surface area (Å²) >= 11 is 0. The summed E-state index contributed by atoms with van der Waals surface area (Å²) in [4.78, 5) is 10.6. The van der Waals surface area contributed by atoms with Gasteiger partial charge in [0.25, 0.3) is 0 Å². The minimum absolute atomic E-state index is 0.346. The maximum Gasteiger partial charge on any atom is 0.222 e. The summed E-state index contributed by atoms with van der Waals surface area (Å²) in [6.45, 7) is 1.95. The van der Waals surface area contributed by atoms with Gasteiger partial charge in [-0.2, -0.15) is 4.98 Å². The van der Waals surface area contributed by atoms with Crippen LogP contribution in [0.3, 0.4) is 0 Å². The number of nitrogen functional groups attached to an aromatic ring is 1. The molecule has 2 N–H and O–H groups in total. The fraction of sp³-hybridized carbons (Fsp3) is 0.333. The summed E-state index contributed by atoms with van der Waals surface area (Å²) in [5, 5.41) is 0. The summed E-state index contributed by atoms with van der Waals surface area (Å²) in [6.07, 6.45) is 2.04. The first-order valence-electron chi connectivity index (χ1n) is 4.59. The molecule has 0 aromatic carbocycles. The quantitative estimate of drug-likeness (QED) is 0.654. The van der Waals surface area contributed by atoms with Crippen LogP contribution in [0, 0.1) is 0 Å². The lowest BCUT2D eigenvalue weighted by Gasteiger charge is -2.25. The molecular formula is C9H11N5. The summed E-state index contributed by atoms with van der Waals surface area (Å²) in [7, 11) is 2.03. The van der Waals surface area contributed by atoms with Crippen LogP contribution in [-0.4, -0.2) is 28.1 Å². The van der Waals surface area contributed by atoms with E-state index in [0.29, 0.717) is 5.95 Å². The molecule has 0 bridgehead atoms. The van der Waals surface area contributed by atoms with Gasteiger partial charge in [0.15, 0.2) is 5.82 Å². The van der Waals surface area contributed by atoms with E-state index < -0.39 is 0 Å². The lowest BCUT2D eigenvalue weighted by atomic mass is 10.3. The molecule has 5 nitrogen and oxygen atoms in total. The van der Waals surface area contributed by atoms with Crippen LogP contribution in [-0.2, 0) is 6.54 Å². The minimum atomic E-state index is 0.346. The molecule has 0 amide bonds. The molecule has 5 heteroatoms. The second kappa shape index (κ2) is 2.37. The van der Waals surface area contributed by atoms with Gasteiger partial charge in [-0.05, 0) is 6.07 Å². The predicted molar refractivity (Wildman–Crippen MR) is 55.2 cm³/mol. The molecule has 14 heavy (non-hydrogen) atoms. The molecule has 0 aliphatic carbocycles. The molecule has 0 radical (unpaired) electrons. The second-order valence-corrected chi connectivity index (χ2v) is 3.57. The minimum Gasteiger partial charge on any atom is -0.368 e. The number of hydrogen-bond donors (Lipinski definition) is 1. The third-order valence-electron chi connectivity index (χ3n) is 2.65. The third-order valence-corrected chi connectivity index (χ3v) is 2.65. The molecule has 0 saturated carbocycles. The molecule has 2 aromatic heterocycles. The van der Waals surface area contributed by atoms with E-state index in [2.05, 4.69) is 19.4 Å². The second-order valence-electron chi connectivity index (χ2n) is 3.57. The van der Waals surface area contributed by atoms with Crippen molar-refractivity contribution < 1.29 is 0 Å². The first-order valence-corrected chi connectivity index (χ1v) is 4.59. The largest absolute Gasteiger partial charge is 0.368 e. The molecule has 3 rings (SSSR count). The molecule has 0 atom stereocenters. The molecule has 72 valence electrons. The van der Waals surface area contributed by atoms with E-state index in [9.17, 15) is 0 Å². The Bertz CT molecular complexity index is 501. The van der Waals surface area contributed by atoms with Crippen LogP contribution in [0.2, 0.25) is 0 Å². The molecule has 1 aliphatic heterocycles. The van der Waals surface area contributed by atoms with E-state index in [-0.39, 0.29) is 0 Å². The van der Waals surface area contributed by atoms with Crippen LogP contribution in [0.15, 0.2) is 12.3 Å². The van der Waals surface area contributed by atoms with Gasteiger partial charge < -0.3 is 15.2 Å². The lowest BCUT2D eigenvalue weighted by molar-refractivity contribution is 0.677. The van der Waals surface area contributed by atoms with Crippen molar-refractivity contribution in [2.45, 2.75) is 6.54 Å². The Labute approximate surface area is 81.2 Å². The van der Waals surface area contributed by atoms with Gasteiger partial charge in [0.1, 0.15) is 5.52 Å². The number of nitrogens with two attached hydrogens (primary N) is 1. The molecule has 0 unspecified atom stereocenters. The fourth-order valence-electron chi connectivity index (χ4n) is 1.92. The lowest BCUT2D eigenvalue weighted by Crippen LogP contribution is -2.28. The highest BCUT2D eigenvalue weighted by atomic mass is 15.3. The number of rotatable bonds is 0. The van der Waals surface area contributed by atoms with Crippen molar-refractivity contribution in [2.24, 2.45) is 0 Å². The van der Waals surface area contributed by atoms with Gasteiger partial charge in [-0.25, -0.2) is 4.98 Å². The van der Waals surface area contributed by atoms with Crippen LogP contribution in [0.25, 0.3) is 11.0 Å². The number of aromatic nitrogens is 3. The average molecular weight is 189 g/mol. The predicted octanol–water partition coefficient (Wildman–Crippen LogP) is 0.463. The highest BCUT2D eigenvalue weighted by Crippen LogP contribution is 2.27. The Balaban J connectivity index is 2.45. The zero-order valence-corrected chi connectivity index (χ0v) is 7.94. The zero-order valence-electron chi connectivity index (χ0n) is 7.94. The highest BCUT2D eigenvalue weighted by Gasteiger charge is 2.18. The van der Waals surface area contributed by atoms with Gasteiger partial charge in [0.05, 0.1) is 5.52 Å². The normalized spacial score (nSPS) is 15.1. The van der Waals surface area contributed by atoms with Crippen molar-refractivity contribution in [1.82, 2.24) is 14.5 Å². The summed E-state index contributed by atoms with van der Waals surface area (Å²) in [5.74, 6) is 1.28. The van der Waals surface area contributed by atoms with E-state index in [4.69, 9.17) is 5.73 Å². The van der Waals surface area contributed by atoms with Crippen molar-refractivity contribution in [2.75, 3.05) is 24.2 Å². The average Bonchev–Trinajstić information content (AvgIpc) is 2.55. The van der Waals surface area contributed by atoms with Crippen molar-refractivity contribution in [3.05, 3.63) is 12.3 Å². The summed E-state index contributed by atoms with van der Waals surface area (Å²) in [5.41, 5.74) is 7.66. The summed E-state index contributed by atoms with van der Waals surface area (Å²) in [6, 6.07) is 1.98. The molecule has 0 fully saturated rings. The van der Waals surface area contributed by atoms with Crippen LogP contribution in [0.4, 0.5) is 11.8 Å². The molecular weight excluding hydrogens is 178 g/mol. The first-order chi connectivity index (χ1) is 6.75. The first kappa shape index (κ1) is 7.61. The van der Waals surface area contributed by atoms with Crippen LogP contribution in [0.5, 0.6) is 0 Å². The van der Waals surface area contributed by atoms with Crippen LogP contribution < -0.4 is 10.6 Å². The third kappa shape index (κ3) is 0.837. The van der Waals surface area contributed by atoms with Gasteiger partial charge in [-0.15, -0.1) is 0 Å². The number of nitrogens with zero attached hydrogens (tertiary/aromatic N) is 4. The Kier molecular flexibility index (Phi) is 1.29. The monoisotopic (exact) mass is 189 g/mol. The Hall–Kier alpha value is -1.78. The smallest absolute Gasteiger partial charge is 0.222 e. The maximum absolute atomic E-state index is 5.64. The van der Waals surface area contributed by atoms with Crippen molar-refractivity contribution >= 4 is 22.8 Å². The molecule has 0 spiro atoms. The SMILES string of the molecule is CN1CCn2ccc3nc(N)nc1c32. The van der Waals surface area contributed by atoms with E-state index in [1.54, 1.807) is 0 Å². The topological polar surface area (TPSA) is 60.0 Å². The Morgan fingerprint density at radius 1 is 1.36 bits per heavy atom. The van der Waals surface area contributed by atoms with Crippen LogP contribution >= 0.6 is 0 Å².